The number of unbranched alkanes of at least 4 members (excludes halogenated alkanes) is 4. The topological polar surface area (TPSA) is 63.0 Å². The summed E-state index contributed by atoms with van der Waals surface area (Å²) in [6.45, 7) is 8.38. The van der Waals surface area contributed by atoms with Gasteiger partial charge in [0.25, 0.3) is 0 Å². The van der Waals surface area contributed by atoms with Crippen molar-refractivity contribution in [3.8, 4) is 0 Å². The molecule has 0 saturated carbocycles. The van der Waals surface area contributed by atoms with Crippen molar-refractivity contribution < 1.29 is 14.6 Å². The van der Waals surface area contributed by atoms with Crippen LogP contribution in [0.25, 0.3) is 22.3 Å². The molecule has 7 aliphatic heterocycles. The molecule has 0 saturated heterocycles. The monoisotopic (exact) mass is 926 g/mol. The zero-order valence-corrected chi connectivity index (χ0v) is 41.2. The second-order valence-corrected chi connectivity index (χ2v) is 19.3. The summed E-state index contributed by atoms with van der Waals surface area (Å²) in [5.41, 5.74) is 22.4. The molecule has 7 heteroatoms. The number of hydrogen-bond donors (Lipinski definition) is 2. The maximum absolute atomic E-state index is 5.54. The third-order valence-corrected chi connectivity index (χ3v) is 14.0. The van der Waals surface area contributed by atoms with Crippen molar-refractivity contribution in [1.29, 1.82) is 0 Å². The molecule has 0 fully saturated rings. The fourth-order valence-corrected chi connectivity index (χ4v) is 10.0. The smallest absolute Gasteiger partial charge is 0.218 e. The molecule has 4 aromatic rings. The number of benzene rings is 3. The standard InChI is InChI=1S/C64H58N7/c1-44-12-18-49(19-13-44)61-53-24-26-55(65-53)62(50-20-14-45(2)15-21-50)57-28-30-59(67-57)64(60-31-29-58(68-60)63(56-27-25-54(61)66-56)51-22-16-46(3)17-23-51)52-11-10-38-71(43-52)37-9-7-5-6-8-36-70-41-34-48(35-42-70)47-32-39-69(4)40-33-47/h10-35,38-43H,5-9,36-37H2,1-4H3/q+1/p+2. The van der Waals surface area contributed by atoms with Crippen LogP contribution in [-0.4, -0.2) is 46.2 Å². The molecule has 0 unspecified atom stereocenters. The Labute approximate surface area is 418 Å². The van der Waals surface area contributed by atoms with E-state index in [-0.39, 0.29) is 0 Å². The number of pyridine rings is 1. The lowest BCUT2D eigenvalue weighted by Crippen LogP contribution is -2.71. The summed E-state index contributed by atoms with van der Waals surface area (Å²) < 4.78 is 2.34. The second-order valence-electron chi connectivity index (χ2n) is 19.3. The first-order valence-corrected chi connectivity index (χ1v) is 25.1. The molecule has 8 bridgehead atoms. The van der Waals surface area contributed by atoms with Crippen molar-refractivity contribution in [2.24, 2.45) is 9.98 Å². The molecule has 71 heavy (non-hydrogen) atoms. The SMILES string of the molecule is Cc1ccc(C2=C3C=CC(=N3)C(c3ccc[n+](CCCCCCCN4C=CC(=C5C=CN(C)C=C5)C=C4)c3)=C3C=CC(=N3)C(c3ccc(C)cc3)=C3C=CC(=[NH+]3)C(c3ccc(C)cc3)=C3C=CC2=[NH+]3)cc1. The molecule has 2 N–H and O–H groups in total. The number of rotatable bonds is 12. The molecule has 0 radical (unpaired) electrons. The van der Waals surface area contributed by atoms with E-state index in [0.29, 0.717) is 0 Å². The van der Waals surface area contributed by atoms with Crippen LogP contribution in [0.15, 0.2) is 239 Å². The van der Waals surface area contributed by atoms with Gasteiger partial charge < -0.3 is 9.80 Å². The molecule has 7 aliphatic rings. The lowest BCUT2D eigenvalue weighted by Gasteiger charge is -2.20. The highest BCUT2D eigenvalue weighted by Crippen LogP contribution is 2.35. The average Bonchev–Trinajstić information content (AvgIpc) is 4.25. The maximum Gasteiger partial charge on any atom is 0.218 e. The van der Waals surface area contributed by atoms with E-state index in [1.165, 1.54) is 53.5 Å². The molecule has 1 aromatic heterocycles. The quantitative estimate of drug-likeness (QED) is 0.110. The molecule has 3 aromatic carbocycles. The van der Waals surface area contributed by atoms with Crippen LogP contribution in [-0.2, 0) is 6.54 Å². The van der Waals surface area contributed by atoms with E-state index in [1.807, 2.05) is 0 Å². The predicted octanol–water partition coefficient (Wildman–Crippen LogP) is 9.63. The van der Waals surface area contributed by atoms with Gasteiger partial charge in [-0.05, 0) is 116 Å². The number of aryl methyl sites for hydroxylation is 4. The van der Waals surface area contributed by atoms with E-state index in [9.17, 15) is 0 Å². The van der Waals surface area contributed by atoms with Crippen molar-refractivity contribution in [1.82, 2.24) is 9.80 Å². The van der Waals surface area contributed by atoms with E-state index >= 15 is 0 Å². The van der Waals surface area contributed by atoms with Crippen molar-refractivity contribution in [2.75, 3.05) is 13.6 Å². The molecular formula is C64H60N7+3. The van der Waals surface area contributed by atoms with Crippen LogP contribution in [0.3, 0.4) is 0 Å². The van der Waals surface area contributed by atoms with Crippen LogP contribution < -0.4 is 14.6 Å². The van der Waals surface area contributed by atoms with Crippen LogP contribution in [0.1, 0.15) is 71.0 Å². The van der Waals surface area contributed by atoms with Gasteiger partial charge >= 0.3 is 0 Å². The highest BCUT2D eigenvalue weighted by molar-refractivity contribution is 6.37. The molecule has 0 spiro atoms. The van der Waals surface area contributed by atoms with Gasteiger partial charge in [0.05, 0.1) is 39.5 Å². The minimum atomic E-state index is 0.888. The Hall–Kier alpha value is -8.29. The Bertz CT molecular complexity index is 3300. The summed E-state index contributed by atoms with van der Waals surface area (Å²) >= 11 is 0. The highest BCUT2D eigenvalue weighted by atomic mass is 15.1. The maximum atomic E-state index is 5.54. The zero-order valence-electron chi connectivity index (χ0n) is 41.2. The van der Waals surface area contributed by atoms with E-state index in [2.05, 4.69) is 247 Å². The Balaban J connectivity index is 0.918. The third kappa shape index (κ3) is 9.82. The third-order valence-electron chi connectivity index (χ3n) is 14.0. The van der Waals surface area contributed by atoms with Gasteiger partial charge in [-0.1, -0.05) is 102 Å². The van der Waals surface area contributed by atoms with Gasteiger partial charge in [-0.3, -0.25) is 0 Å². The Morgan fingerprint density at radius 3 is 1.56 bits per heavy atom. The van der Waals surface area contributed by atoms with Crippen LogP contribution in [0.4, 0.5) is 0 Å². The van der Waals surface area contributed by atoms with E-state index < -0.39 is 0 Å². The summed E-state index contributed by atoms with van der Waals surface area (Å²) in [6, 6.07) is 30.8. The zero-order chi connectivity index (χ0) is 48.3. The molecule has 0 atom stereocenters. The Morgan fingerprint density at radius 1 is 0.451 bits per heavy atom. The van der Waals surface area contributed by atoms with E-state index in [0.717, 1.165) is 110 Å². The van der Waals surface area contributed by atoms with Crippen LogP contribution in [0.2, 0.25) is 0 Å². The molecule has 0 amide bonds. The molecular weight excluding hydrogens is 867 g/mol. The number of nitrogens with zero attached hydrogens (tertiary/aromatic N) is 5. The Morgan fingerprint density at radius 2 is 0.944 bits per heavy atom. The van der Waals surface area contributed by atoms with Crippen molar-refractivity contribution in [3.63, 3.8) is 0 Å². The van der Waals surface area contributed by atoms with Gasteiger partial charge in [-0.25, -0.2) is 24.5 Å². The number of allylic oxidation sites excluding steroid dienone is 18. The Kier molecular flexibility index (Phi) is 12.7. The van der Waals surface area contributed by atoms with Crippen LogP contribution >= 0.6 is 0 Å². The van der Waals surface area contributed by atoms with Crippen LogP contribution in [0, 0.1) is 20.8 Å². The van der Waals surface area contributed by atoms with Gasteiger partial charge in [0.15, 0.2) is 12.4 Å². The lowest BCUT2D eigenvalue weighted by atomic mass is 9.97. The average molecular weight is 927 g/mol. The van der Waals surface area contributed by atoms with E-state index in [4.69, 9.17) is 9.98 Å². The second kappa shape index (κ2) is 20.0. The number of nitrogens with one attached hydrogen (secondary N) is 2. The van der Waals surface area contributed by atoms with Crippen LogP contribution in [0.5, 0.6) is 0 Å². The summed E-state index contributed by atoms with van der Waals surface area (Å²) in [4.78, 5) is 23.3. The fraction of sp³-hybridized carbons (Fsp3) is 0.172. The number of aromatic nitrogens is 1. The molecule has 11 rings (SSSR count). The minimum absolute atomic E-state index is 0.888. The first-order valence-electron chi connectivity index (χ1n) is 25.1. The van der Waals surface area contributed by atoms with Crippen molar-refractivity contribution >= 4 is 45.1 Å². The van der Waals surface area contributed by atoms with E-state index in [1.54, 1.807) is 0 Å². The van der Waals surface area contributed by atoms with Gasteiger partial charge in [-0.15, -0.1) is 0 Å². The first kappa shape index (κ1) is 45.2. The van der Waals surface area contributed by atoms with Crippen molar-refractivity contribution in [3.05, 3.63) is 268 Å². The first-order chi connectivity index (χ1) is 34.8. The predicted molar refractivity (Wildman–Crippen MR) is 292 cm³/mol. The van der Waals surface area contributed by atoms with Gasteiger partial charge in [0.1, 0.15) is 12.1 Å². The fourth-order valence-electron chi connectivity index (χ4n) is 10.0. The summed E-state index contributed by atoms with van der Waals surface area (Å²) in [7, 11) is 2.05. The van der Waals surface area contributed by atoms with Gasteiger partial charge in [0, 0.05) is 80.8 Å². The molecule has 0 aliphatic carbocycles. The number of fused-ring (bicyclic) bond motifs is 4. The van der Waals surface area contributed by atoms with Gasteiger partial charge in [-0.2, -0.15) is 0 Å². The minimum Gasteiger partial charge on any atom is -0.357 e. The summed E-state index contributed by atoms with van der Waals surface area (Å²) in [5, 5.41) is 0. The molecule has 7 nitrogen and oxygen atoms in total. The summed E-state index contributed by atoms with van der Waals surface area (Å²) in [5.74, 6) is 0. The normalized spacial score (nSPS) is 17.8. The van der Waals surface area contributed by atoms with Gasteiger partial charge in [0.2, 0.25) is 22.8 Å². The van der Waals surface area contributed by atoms with Crippen molar-refractivity contribution in [2.45, 2.75) is 59.4 Å². The largest absolute Gasteiger partial charge is 0.357 e. The summed E-state index contributed by atoms with van der Waals surface area (Å²) in [6.07, 6.45) is 45.3. The molecule has 348 valence electrons. The number of aliphatic imine (C=N–C) groups is 2. The number of hydrogen-bond acceptors (Lipinski definition) is 4. The lowest BCUT2D eigenvalue weighted by molar-refractivity contribution is -0.697. The highest BCUT2D eigenvalue weighted by Gasteiger charge is 2.33. The molecule has 8 heterocycles.